The topological polar surface area (TPSA) is 127 Å². The van der Waals surface area contributed by atoms with Gasteiger partial charge < -0.3 is 9.47 Å². The van der Waals surface area contributed by atoms with Crippen molar-refractivity contribution < 1.29 is 38.2 Å². The minimum absolute atomic E-state index is 0.182. The van der Waals surface area contributed by atoms with E-state index < -0.39 is 0 Å². The number of nitrogens with zero attached hydrogens (tertiary/aromatic N) is 2. The highest BCUT2D eigenvalue weighted by Crippen LogP contribution is 2.54. The molecular weight excluding hydrogens is 552 g/mol. The van der Waals surface area contributed by atoms with E-state index >= 15 is 0 Å². The molecule has 4 amide bonds. The standard InChI is InChI=1S/C33H46N2O8/c1-2-26-24-19-23(22-43-33(41)10-6-4-8-17-35-30(38)13-14-31(35)39)20-25(21-24)27(26)15-18-42-32(40)9-5-3-7-16-34-28(36)11-12-29(34)37/h11-14,23-27H,2-10,15-22H2,1H3. The number of hydrogen-bond acceptors (Lipinski definition) is 8. The molecule has 4 rings (SSSR count). The molecule has 0 N–H and O–H groups in total. The van der Waals surface area contributed by atoms with Crippen molar-refractivity contribution in [1.82, 2.24) is 9.80 Å². The number of fused-ring (bicyclic) bond motifs is 2. The van der Waals surface area contributed by atoms with Crippen molar-refractivity contribution in [3.63, 3.8) is 0 Å². The van der Waals surface area contributed by atoms with Crippen LogP contribution in [0.1, 0.15) is 90.4 Å². The Balaban J connectivity index is 1.06. The molecule has 10 heteroatoms. The van der Waals surface area contributed by atoms with Gasteiger partial charge in [-0.3, -0.25) is 38.6 Å². The van der Waals surface area contributed by atoms with Gasteiger partial charge in [-0.15, -0.1) is 0 Å². The minimum atomic E-state index is -0.270. The summed E-state index contributed by atoms with van der Waals surface area (Å²) in [7, 11) is 0. The van der Waals surface area contributed by atoms with Gasteiger partial charge >= 0.3 is 11.9 Å². The van der Waals surface area contributed by atoms with E-state index in [2.05, 4.69) is 6.92 Å². The van der Waals surface area contributed by atoms with E-state index in [1.54, 1.807) is 0 Å². The Kier molecular flexibility index (Phi) is 12.1. The maximum Gasteiger partial charge on any atom is 0.305 e. The number of unbranched alkanes of at least 4 members (excludes halogenated alkanes) is 4. The average molecular weight is 599 g/mol. The van der Waals surface area contributed by atoms with E-state index in [4.69, 9.17) is 9.47 Å². The first-order valence-corrected chi connectivity index (χ1v) is 16.1. The smallest absolute Gasteiger partial charge is 0.305 e. The molecule has 2 aliphatic heterocycles. The predicted octanol–water partition coefficient (Wildman–Crippen LogP) is 4.12. The molecule has 236 valence electrons. The first-order chi connectivity index (χ1) is 20.8. The molecule has 2 aliphatic carbocycles. The Hall–Kier alpha value is -3.30. The van der Waals surface area contributed by atoms with Crippen molar-refractivity contribution in [2.24, 2.45) is 29.6 Å². The van der Waals surface area contributed by atoms with E-state index in [1.165, 1.54) is 40.5 Å². The Labute approximate surface area is 254 Å². The molecule has 2 heterocycles. The van der Waals surface area contributed by atoms with E-state index in [1.807, 2.05) is 0 Å². The van der Waals surface area contributed by atoms with Crippen molar-refractivity contribution >= 4 is 35.6 Å². The molecule has 0 saturated heterocycles. The number of imide groups is 2. The quantitative estimate of drug-likeness (QED) is 0.131. The lowest BCUT2D eigenvalue weighted by atomic mass is 9.79. The fourth-order valence-corrected chi connectivity index (χ4v) is 7.55. The molecule has 0 aromatic carbocycles. The van der Waals surface area contributed by atoms with E-state index in [9.17, 15) is 28.8 Å². The summed E-state index contributed by atoms with van der Waals surface area (Å²) in [6, 6.07) is 0. The second-order valence-electron chi connectivity index (χ2n) is 12.5. The number of hydrogen-bond donors (Lipinski definition) is 0. The summed E-state index contributed by atoms with van der Waals surface area (Å²) >= 11 is 0. The second kappa shape index (κ2) is 16.0. The summed E-state index contributed by atoms with van der Waals surface area (Å²) in [6.45, 7) is 3.90. The number of ether oxygens (including phenoxy) is 2. The van der Waals surface area contributed by atoms with Gasteiger partial charge in [-0.1, -0.05) is 26.2 Å². The largest absolute Gasteiger partial charge is 0.466 e. The van der Waals surface area contributed by atoms with Gasteiger partial charge in [0.25, 0.3) is 23.6 Å². The van der Waals surface area contributed by atoms with Crippen LogP contribution in [0.3, 0.4) is 0 Å². The van der Waals surface area contributed by atoms with Gasteiger partial charge in [0, 0.05) is 50.2 Å². The van der Waals surface area contributed by atoms with E-state index in [-0.39, 0.29) is 35.6 Å². The van der Waals surface area contributed by atoms with Crippen molar-refractivity contribution in [3.05, 3.63) is 24.3 Å². The van der Waals surface area contributed by atoms with Crippen molar-refractivity contribution in [2.75, 3.05) is 26.3 Å². The summed E-state index contributed by atoms with van der Waals surface area (Å²) in [5.74, 6) is 1.25. The number of esters is 2. The Bertz CT molecular complexity index is 1080. The van der Waals surface area contributed by atoms with Crippen LogP contribution in [0, 0.1) is 29.6 Å². The molecule has 4 aliphatic rings. The molecule has 0 aromatic heterocycles. The van der Waals surface area contributed by atoms with Crippen LogP contribution >= 0.6 is 0 Å². The molecule has 0 radical (unpaired) electrons. The number of carbonyl (C=O) groups is 6. The molecule has 10 nitrogen and oxygen atoms in total. The van der Waals surface area contributed by atoms with Crippen LogP contribution in [-0.2, 0) is 38.2 Å². The third-order valence-electron chi connectivity index (χ3n) is 9.63. The summed E-state index contributed by atoms with van der Waals surface area (Å²) < 4.78 is 11.2. The molecule has 2 fully saturated rings. The average Bonchev–Trinajstić information content (AvgIpc) is 3.57. The van der Waals surface area contributed by atoms with Crippen molar-refractivity contribution in [3.8, 4) is 0 Å². The van der Waals surface area contributed by atoms with Gasteiger partial charge in [0.05, 0.1) is 13.2 Å². The predicted molar refractivity (Wildman–Crippen MR) is 157 cm³/mol. The lowest BCUT2D eigenvalue weighted by molar-refractivity contribution is -0.146. The zero-order valence-corrected chi connectivity index (χ0v) is 25.4. The maximum absolute atomic E-state index is 12.3. The highest BCUT2D eigenvalue weighted by molar-refractivity contribution is 6.13. The molecule has 2 bridgehead atoms. The zero-order chi connectivity index (χ0) is 30.8. The van der Waals surface area contributed by atoms with Crippen molar-refractivity contribution in [1.29, 1.82) is 0 Å². The number of rotatable bonds is 18. The lowest BCUT2D eigenvalue weighted by Gasteiger charge is -2.28. The fraction of sp³-hybridized carbons (Fsp3) is 0.697. The van der Waals surface area contributed by atoms with Crippen molar-refractivity contribution in [2.45, 2.75) is 90.4 Å². The minimum Gasteiger partial charge on any atom is -0.466 e. The van der Waals surface area contributed by atoms with Crippen LogP contribution in [0.4, 0.5) is 0 Å². The van der Waals surface area contributed by atoms with Crippen LogP contribution in [-0.4, -0.2) is 71.7 Å². The monoisotopic (exact) mass is 598 g/mol. The Morgan fingerprint density at radius 3 is 1.67 bits per heavy atom. The molecule has 2 saturated carbocycles. The highest BCUT2D eigenvalue weighted by atomic mass is 16.5. The van der Waals surface area contributed by atoms with Crippen LogP contribution < -0.4 is 0 Å². The van der Waals surface area contributed by atoms with Gasteiger partial charge in [-0.05, 0) is 81.0 Å². The molecular formula is C33H46N2O8. The van der Waals surface area contributed by atoms with Gasteiger partial charge in [-0.2, -0.15) is 0 Å². The molecule has 43 heavy (non-hydrogen) atoms. The third-order valence-corrected chi connectivity index (χ3v) is 9.63. The van der Waals surface area contributed by atoms with Crippen LogP contribution in [0.25, 0.3) is 0 Å². The molecule has 5 atom stereocenters. The Morgan fingerprint density at radius 1 is 0.674 bits per heavy atom. The van der Waals surface area contributed by atoms with Gasteiger partial charge in [0.15, 0.2) is 0 Å². The van der Waals surface area contributed by atoms with Crippen LogP contribution in [0.5, 0.6) is 0 Å². The molecule has 0 aromatic rings. The van der Waals surface area contributed by atoms with Gasteiger partial charge in [0.2, 0.25) is 0 Å². The summed E-state index contributed by atoms with van der Waals surface area (Å²) in [5, 5.41) is 0. The molecule has 5 unspecified atom stereocenters. The maximum atomic E-state index is 12.3. The highest BCUT2D eigenvalue weighted by Gasteiger charge is 2.46. The normalized spacial score (nSPS) is 26.2. The summed E-state index contributed by atoms with van der Waals surface area (Å²) in [6.07, 6.45) is 15.3. The molecule has 0 spiro atoms. The SMILES string of the molecule is CCC1C2CC(COC(=O)CCCCCN3C(=O)C=CC3=O)CC(C2)C1CCOC(=O)CCCCCN1C(=O)C=CC1=O. The van der Waals surface area contributed by atoms with Crippen LogP contribution in [0.15, 0.2) is 24.3 Å². The first kappa shape index (κ1) is 32.6. The van der Waals surface area contributed by atoms with E-state index in [0.29, 0.717) is 94.4 Å². The zero-order valence-electron chi connectivity index (χ0n) is 25.4. The number of amides is 4. The van der Waals surface area contributed by atoms with Gasteiger partial charge in [-0.25, -0.2) is 0 Å². The fourth-order valence-electron chi connectivity index (χ4n) is 7.55. The van der Waals surface area contributed by atoms with Gasteiger partial charge in [0.1, 0.15) is 0 Å². The number of carbonyl (C=O) groups excluding carboxylic acids is 6. The second-order valence-corrected chi connectivity index (χ2v) is 12.5. The third kappa shape index (κ3) is 9.10. The summed E-state index contributed by atoms with van der Waals surface area (Å²) in [5.41, 5.74) is 0. The Morgan fingerprint density at radius 2 is 1.16 bits per heavy atom. The van der Waals surface area contributed by atoms with Crippen LogP contribution in [0.2, 0.25) is 0 Å². The summed E-state index contributed by atoms with van der Waals surface area (Å²) in [4.78, 5) is 73.4. The lowest BCUT2D eigenvalue weighted by Crippen LogP contribution is -2.30. The first-order valence-electron chi connectivity index (χ1n) is 16.1. The van der Waals surface area contributed by atoms with E-state index in [0.717, 1.165) is 38.5 Å².